The lowest BCUT2D eigenvalue weighted by Crippen LogP contribution is -2.17. The highest BCUT2D eigenvalue weighted by molar-refractivity contribution is 5.95. The van der Waals surface area contributed by atoms with Crippen LogP contribution in [-0.2, 0) is 4.79 Å². The van der Waals surface area contributed by atoms with E-state index in [1.54, 1.807) is 24.8 Å². The van der Waals surface area contributed by atoms with Gasteiger partial charge in [-0.25, -0.2) is 9.97 Å². The van der Waals surface area contributed by atoms with Crippen LogP contribution in [0.25, 0.3) is 56.2 Å². The van der Waals surface area contributed by atoms with Gasteiger partial charge in [0, 0.05) is 30.1 Å². The van der Waals surface area contributed by atoms with E-state index in [9.17, 15) is 4.79 Å². The van der Waals surface area contributed by atoms with Crippen molar-refractivity contribution in [2.75, 3.05) is 5.32 Å². The number of aromatic amines is 2. The summed E-state index contributed by atoms with van der Waals surface area (Å²) in [5.74, 6) is 0.370. The van der Waals surface area contributed by atoms with Gasteiger partial charge in [0.1, 0.15) is 16.7 Å². The minimum Gasteiger partial charge on any atom is -0.336 e. The third-order valence-corrected chi connectivity index (χ3v) is 5.77. The lowest BCUT2D eigenvalue weighted by molar-refractivity contribution is -0.118. The first kappa shape index (κ1) is 21.5. The van der Waals surface area contributed by atoms with E-state index in [1.165, 1.54) is 0 Å². The molecule has 6 aromatic rings. The van der Waals surface area contributed by atoms with Gasteiger partial charge in [-0.05, 0) is 36.4 Å². The molecule has 0 saturated heterocycles. The van der Waals surface area contributed by atoms with Crippen LogP contribution in [0.15, 0.2) is 67.3 Å². The number of rotatable bonds is 5. The zero-order chi connectivity index (χ0) is 24.6. The number of anilines is 1. The second-order valence-electron chi connectivity index (χ2n) is 8.63. The molecule has 0 aromatic carbocycles. The second kappa shape index (κ2) is 8.66. The van der Waals surface area contributed by atoms with Gasteiger partial charge in [-0.3, -0.25) is 24.8 Å². The van der Waals surface area contributed by atoms with E-state index in [4.69, 9.17) is 9.97 Å². The summed E-state index contributed by atoms with van der Waals surface area (Å²) in [4.78, 5) is 38.3. The smallest absolute Gasteiger partial charge is 0.226 e. The van der Waals surface area contributed by atoms with Crippen molar-refractivity contribution < 1.29 is 4.79 Å². The molecule has 176 valence electrons. The number of fused-ring (bicyclic) bond motifs is 2. The summed E-state index contributed by atoms with van der Waals surface area (Å²) in [5.41, 5.74) is 7.08. The Bertz CT molecular complexity index is 1720. The van der Waals surface area contributed by atoms with Gasteiger partial charge in [-0.2, -0.15) is 5.10 Å². The van der Waals surface area contributed by atoms with Gasteiger partial charge in [0.2, 0.25) is 5.91 Å². The first-order valence-corrected chi connectivity index (χ1v) is 11.4. The molecule has 10 heteroatoms. The van der Waals surface area contributed by atoms with Crippen LogP contribution in [0.2, 0.25) is 0 Å². The molecule has 0 aliphatic carbocycles. The van der Waals surface area contributed by atoms with Crippen LogP contribution in [0.5, 0.6) is 0 Å². The second-order valence-corrected chi connectivity index (χ2v) is 8.63. The molecule has 0 atom stereocenters. The van der Waals surface area contributed by atoms with E-state index >= 15 is 0 Å². The molecule has 3 N–H and O–H groups in total. The Hall–Kier alpha value is -4.99. The fourth-order valence-electron chi connectivity index (χ4n) is 3.90. The fraction of sp³-hybridized carbons (Fsp3) is 0.115. The van der Waals surface area contributed by atoms with E-state index in [-0.39, 0.29) is 11.8 Å². The number of pyridine rings is 4. The van der Waals surface area contributed by atoms with E-state index in [2.05, 4.69) is 35.5 Å². The van der Waals surface area contributed by atoms with Crippen LogP contribution in [0.1, 0.15) is 13.8 Å². The van der Waals surface area contributed by atoms with Crippen molar-refractivity contribution in [2.24, 2.45) is 5.92 Å². The number of H-pyrrole nitrogens is 2. The van der Waals surface area contributed by atoms with Gasteiger partial charge >= 0.3 is 0 Å². The maximum Gasteiger partial charge on any atom is 0.226 e. The number of nitrogens with zero attached hydrogens (tertiary/aromatic N) is 6. The number of imidazole rings is 1. The molecular weight excluding hydrogens is 454 g/mol. The molecule has 10 nitrogen and oxygen atoms in total. The molecule has 6 heterocycles. The number of carbonyl (C=O) groups excluding carboxylic acids is 1. The van der Waals surface area contributed by atoms with Crippen LogP contribution >= 0.6 is 0 Å². The Labute approximate surface area is 205 Å². The van der Waals surface area contributed by atoms with E-state index in [0.717, 1.165) is 22.3 Å². The third kappa shape index (κ3) is 3.84. The van der Waals surface area contributed by atoms with Gasteiger partial charge in [0.15, 0.2) is 11.5 Å². The summed E-state index contributed by atoms with van der Waals surface area (Å²) in [6.07, 6.45) is 6.79. The molecule has 0 fully saturated rings. The van der Waals surface area contributed by atoms with Gasteiger partial charge in [-0.1, -0.05) is 19.9 Å². The average molecular weight is 476 g/mol. The summed E-state index contributed by atoms with van der Waals surface area (Å²) in [6.45, 7) is 3.69. The minimum absolute atomic E-state index is 0.0704. The maximum absolute atomic E-state index is 12.1. The number of hydrogen-bond donors (Lipinski definition) is 3. The molecule has 6 rings (SSSR count). The first-order chi connectivity index (χ1) is 17.6. The van der Waals surface area contributed by atoms with Gasteiger partial charge in [-0.15, -0.1) is 0 Å². The Kier molecular flexibility index (Phi) is 5.18. The van der Waals surface area contributed by atoms with E-state index < -0.39 is 0 Å². The summed E-state index contributed by atoms with van der Waals surface area (Å²) >= 11 is 0. The molecular formula is C26H21N9O. The molecule has 0 spiro atoms. The van der Waals surface area contributed by atoms with Gasteiger partial charge in [0.25, 0.3) is 0 Å². The SMILES string of the molecule is CC(C)C(=O)Nc1cncc(-c2ccc3[nH]nc(-c4nc5c(-c6ccccn6)nccc5[nH]4)c3n2)c1. The molecule has 36 heavy (non-hydrogen) atoms. The van der Waals surface area contributed by atoms with Crippen molar-refractivity contribution in [2.45, 2.75) is 13.8 Å². The topological polar surface area (TPSA) is 138 Å². The number of nitrogens with one attached hydrogen (secondary N) is 3. The average Bonchev–Trinajstić information content (AvgIpc) is 3.53. The van der Waals surface area contributed by atoms with Crippen LogP contribution in [0, 0.1) is 5.92 Å². The molecule has 0 radical (unpaired) electrons. The zero-order valence-corrected chi connectivity index (χ0v) is 19.5. The molecule has 0 aliphatic heterocycles. The van der Waals surface area contributed by atoms with Crippen molar-refractivity contribution in [3.63, 3.8) is 0 Å². The van der Waals surface area contributed by atoms with Gasteiger partial charge in [0.05, 0.1) is 34.3 Å². The van der Waals surface area contributed by atoms with Crippen molar-refractivity contribution in [1.82, 2.24) is 40.1 Å². The van der Waals surface area contributed by atoms with Crippen molar-refractivity contribution in [3.8, 4) is 34.2 Å². The number of carbonyl (C=O) groups is 1. The molecule has 0 aliphatic rings. The zero-order valence-electron chi connectivity index (χ0n) is 19.5. The summed E-state index contributed by atoms with van der Waals surface area (Å²) in [7, 11) is 0. The van der Waals surface area contributed by atoms with E-state index in [0.29, 0.717) is 39.6 Å². The van der Waals surface area contributed by atoms with Gasteiger partial charge < -0.3 is 10.3 Å². The highest BCUT2D eigenvalue weighted by Crippen LogP contribution is 2.30. The lowest BCUT2D eigenvalue weighted by atomic mass is 10.1. The Morgan fingerprint density at radius 2 is 1.78 bits per heavy atom. The van der Waals surface area contributed by atoms with Crippen LogP contribution in [0.4, 0.5) is 5.69 Å². The summed E-state index contributed by atoms with van der Waals surface area (Å²) < 4.78 is 0. The third-order valence-electron chi connectivity index (χ3n) is 5.77. The van der Waals surface area contributed by atoms with Crippen LogP contribution in [-0.4, -0.2) is 46.0 Å². The van der Waals surface area contributed by atoms with Crippen molar-refractivity contribution in [3.05, 3.63) is 67.3 Å². The Balaban J connectivity index is 1.41. The number of aromatic nitrogens is 8. The van der Waals surface area contributed by atoms with E-state index in [1.807, 2.05) is 56.3 Å². The summed E-state index contributed by atoms with van der Waals surface area (Å²) in [6, 6.07) is 13.2. The monoisotopic (exact) mass is 475 g/mol. The molecule has 6 aromatic heterocycles. The standard InChI is InChI=1S/C26H21N9O/c1-14(2)26(36)30-16-11-15(12-27-13-16)17-6-7-20-23(31-17)24(35-34-20)25-32-19-8-10-29-21(22(19)33-25)18-5-3-4-9-28-18/h3-14H,1-2H3,(H,30,36)(H,32,33)(H,34,35). The highest BCUT2D eigenvalue weighted by Gasteiger charge is 2.18. The minimum atomic E-state index is -0.131. The predicted octanol–water partition coefficient (Wildman–Crippen LogP) is 4.61. The highest BCUT2D eigenvalue weighted by atomic mass is 16.1. The lowest BCUT2D eigenvalue weighted by Gasteiger charge is -2.08. The Morgan fingerprint density at radius 3 is 2.61 bits per heavy atom. The molecule has 1 amide bonds. The predicted molar refractivity (Wildman–Crippen MR) is 137 cm³/mol. The Morgan fingerprint density at radius 1 is 0.889 bits per heavy atom. The van der Waals surface area contributed by atoms with Crippen LogP contribution < -0.4 is 5.32 Å². The largest absolute Gasteiger partial charge is 0.336 e. The maximum atomic E-state index is 12.1. The number of amides is 1. The molecule has 0 saturated carbocycles. The van der Waals surface area contributed by atoms with Crippen molar-refractivity contribution >= 4 is 33.7 Å². The fourth-order valence-corrected chi connectivity index (χ4v) is 3.90. The quantitative estimate of drug-likeness (QED) is 0.331. The number of hydrogen-bond acceptors (Lipinski definition) is 7. The summed E-state index contributed by atoms with van der Waals surface area (Å²) in [5, 5.41) is 10.4. The first-order valence-electron chi connectivity index (χ1n) is 11.4. The molecule has 0 unspecified atom stereocenters. The van der Waals surface area contributed by atoms with Crippen molar-refractivity contribution in [1.29, 1.82) is 0 Å². The normalized spacial score (nSPS) is 11.4. The molecule has 0 bridgehead atoms. The van der Waals surface area contributed by atoms with Crippen LogP contribution in [0.3, 0.4) is 0 Å².